The van der Waals surface area contributed by atoms with Crippen LogP contribution in [0.2, 0.25) is 0 Å². The molecule has 3 unspecified atom stereocenters. The molecule has 0 aromatic heterocycles. The van der Waals surface area contributed by atoms with Crippen LogP contribution >= 0.6 is 0 Å². The quantitative estimate of drug-likeness (QED) is 0.805. The van der Waals surface area contributed by atoms with Crippen LogP contribution in [0.25, 0.3) is 0 Å². The number of carbonyl (C=O) groups is 2. The van der Waals surface area contributed by atoms with Crippen molar-refractivity contribution in [1.82, 2.24) is 10.2 Å². The minimum atomic E-state index is -0.764. The summed E-state index contributed by atoms with van der Waals surface area (Å²) in [5.74, 6) is 0.208. The number of nitrogens with one attached hydrogen (secondary N) is 1. The van der Waals surface area contributed by atoms with Crippen LogP contribution in [0.3, 0.4) is 0 Å². The van der Waals surface area contributed by atoms with Gasteiger partial charge in [-0.15, -0.1) is 0 Å². The number of rotatable bonds is 4. The van der Waals surface area contributed by atoms with E-state index in [0.29, 0.717) is 32.0 Å². The van der Waals surface area contributed by atoms with Crippen LogP contribution in [-0.4, -0.2) is 47.1 Å². The van der Waals surface area contributed by atoms with E-state index in [1.165, 1.54) is 0 Å². The Bertz CT molecular complexity index is 385. The van der Waals surface area contributed by atoms with Crippen molar-refractivity contribution < 1.29 is 14.7 Å². The first-order chi connectivity index (χ1) is 9.43. The third-order valence-electron chi connectivity index (χ3n) is 4.63. The second kappa shape index (κ2) is 6.12. The molecule has 3 atom stereocenters. The molecular formula is C15H26N2O3. The zero-order chi connectivity index (χ0) is 14.8. The molecule has 2 aliphatic rings. The van der Waals surface area contributed by atoms with Gasteiger partial charge in [-0.05, 0) is 25.7 Å². The Hall–Kier alpha value is -1.10. The van der Waals surface area contributed by atoms with Crippen LogP contribution in [0.15, 0.2) is 0 Å². The van der Waals surface area contributed by atoms with Gasteiger partial charge in [-0.3, -0.25) is 9.59 Å². The van der Waals surface area contributed by atoms with E-state index in [1.54, 1.807) is 4.90 Å². The van der Waals surface area contributed by atoms with Crippen molar-refractivity contribution in [3.8, 4) is 0 Å². The lowest BCUT2D eigenvalue weighted by molar-refractivity contribution is -0.129. The lowest BCUT2D eigenvalue weighted by Crippen LogP contribution is -2.47. The minimum absolute atomic E-state index is 0.0534. The van der Waals surface area contributed by atoms with E-state index in [9.17, 15) is 14.7 Å². The van der Waals surface area contributed by atoms with Crippen molar-refractivity contribution in [1.29, 1.82) is 0 Å². The number of aliphatic hydroxyl groups is 1. The molecule has 1 saturated carbocycles. The predicted octanol–water partition coefficient (Wildman–Crippen LogP) is 0.912. The Morgan fingerprint density at radius 1 is 1.55 bits per heavy atom. The van der Waals surface area contributed by atoms with Gasteiger partial charge in [0.25, 0.3) is 0 Å². The average Bonchev–Trinajstić information content (AvgIpc) is 2.77. The van der Waals surface area contributed by atoms with Gasteiger partial charge in [-0.2, -0.15) is 0 Å². The number of amides is 2. The maximum Gasteiger partial charge on any atom is 0.225 e. The highest BCUT2D eigenvalue weighted by Crippen LogP contribution is 2.31. The molecular weight excluding hydrogens is 256 g/mol. The van der Waals surface area contributed by atoms with E-state index < -0.39 is 5.60 Å². The third kappa shape index (κ3) is 3.51. The average molecular weight is 282 g/mol. The normalized spacial score (nSPS) is 34.4. The van der Waals surface area contributed by atoms with Crippen LogP contribution in [0.5, 0.6) is 0 Å². The maximum absolute atomic E-state index is 12.1. The molecule has 5 nitrogen and oxygen atoms in total. The van der Waals surface area contributed by atoms with Gasteiger partial charge in [0.1, 0.15) is 0 Å². The standard InChI is InChI=1S/C15H26N2O3/c1-3-17-9-12(7-13(17)18)14(19)16-10-15(20)6-4-5-11(2)8-15/h11-12,20H,3-10H2,1-2H3,(H,16,19). The first kappa shape index (κ1) is 15.3. The summed E-state index contributed by atoms with van der Waals surface area (Å²) in [6, 6.07) is 0. The summed E-state index contributed by atoms with van der Waals surface area (Å²) < 4.78 is 0. The molecule has 0 spiro atoms. The van der Waals surface area contributed by atoms with Crippen LogP contribution in [0.1, 0.15) is 46.0 Å². The molecule has 20 heavy (non-hydrogen) atoms. The summed E-state index contributed by atoms with van der Waals surface area (Å²) >= 11 is 0. The van der Waals surface area contributed by atoms with Crippen LogP contribution in [0, 0.1) is 11.8 Å². The molecule has 5 heteroatoms. The number of carbonyl (C=O) groups excluding carboxylic acids is 2. The third-order valence-corrected chi connectivity index (χ3v) is 4.63. The number of hydrogen-bond donors (Lipinski definition) is 2. The lowest BCUT2D eigenvalue weighted by atomic mass is 9.79. The van der Waals surface area contributed by atoms with Gasteiger partial charge < -0.3 is 15.3 Å². The predicted molar refractivity (Wildman–Crippen MR) is 76.0 cm³/mol. The highest BCUT2D eigenvalue weighted by molar-refractivity contribution is 5.89. The molecule has 2 amide bonds. The van der Waals surface area contributed by atoms with E-state index >= 15 is 0 Å². The van der Waals surface area contributed by atoms with E-state index in [4.69, 9.17) is 0 Å². The van der Waals surface area contributed by atoms with Crippen molar-refractivity contribution in [2.75, 3.05) is 19.6 Å². The number of likely N-dealkylation sites (tertiary alicyclic amines) is 1. The minimum Gasteiger partial charge on any atom is -0.388 e. The fourth-order valence-electron chi connectivity index (χ4n) is 3.44. The molecule has 1 aliphatic heterocycles. The molecule has 1 saturated heterocycles. The highest BCUT2D eigenvalue weighted by Gasteiger charge is 2.36. The Morgan fingerprint density at radius 2 is 2.30 bits per heavy atom. The fourth-order valence-corrected chi connectivity index (χ4v) is 3.44. The lowest BCUT2D eigenvalue weighted by Gasteiger charge is -2.35. The molecule has 2 N–H and O–H groups in total. The Kier molecular flexibility index (Phi) is 4.68. The van der Waals surface area contributed by atoms with Crippen LogP contribution in [0.4, 0.5) is 0 Å². The highest BCUT2D eigenvalue weighted by atomic mass is 16.3. The first-order valence-electron chi connectivity index (χ1n) is 7.71. The zero-order valence-electron chi connectivity index (χ0n) is 12.5. The summed E-state index contributed by atoms with van der Waals surface area (Å²) in [6.45, 7) is 5.54. The molecule has 0 aromatic carbocycles. The molecule has 0 radical (unpaired) electrons. The van der Waals surface area contributed by atoms with Gasteiger partial charge in [0.2, 0.25) is 11.8 Å². The molecule has 0 aromatic rings. The van der Waals surface area contributed by atoms with Crippen LogP contribution < -0.4 is 5.32 Å². The summed E-state index contributed by atoms with van der Waals surface area (Å²) in [5, 5.41) is 13.3. The smallest absolute Gasteiger partial charge is 0.225 e. The Balaban J connectivity index is 1.82. The molecule has 114 valence electrons. The van der Waals surface area contributed by atoms with Gasteiger partial charge >= 0.3 is 0 Å². The fraction of sp³-hybridized carbons (Fsp3) is 0.867. The topological polar surface area (TPSA) is 69.6 Å². The SMILES string of the molecule is CCN1CC(C(=O)NCC2(O)CCCC(C)C2)CC1=O. The summed E-state index contributed by atoms with van der Waals surface area (Å²) in [5.41, 5.74) is -0.764. The molecule has 1 aliphatic carbocycles. The maximum atomic E-state index is 12.1. The summed E-state index contributed by atoms with van der Waals surface area (Å²) in [6.07, 6.45) is 3.96. The van der Waals surface area contributed by atoms with Gasteiger partial charge in [-0.1, -0.05) is 19.8 Å². The molecule has 1 heterocycles. The van der Waals surface area contributed by atoms with E-state index in [1.807, 2.05) is 6.92 Å². The van der Waals surface area contributed by atoms with Crippen molar-refractivity contribution in [2.45, 2.75) is 51.6 Å². The second-order valence-electron chi connectivity index (χ2n) is 6.48. The largest absolute Gasteiger partial charge is 0.388 e. The van der Waals surface area contributed by atoms with Crippen LogP contribution in [-0.2, 0) is 9.59 Å². The summed E-state index contributed by atoms with van der Waals surface area (Å²) in [7, 11) is 0. The summed E-state index contributed by atoms with van der Waals surface area (Å²) in [4.78, 5) is 25.5. The second-order valence-corrected chi connectivity index (χ2v) is 6.48. The molecule has 2 fully saturated rings. The monoisotopic (exact) mass is 282 g/mol. The Morgan fingerprint density at radius 3 is 2.90 bits per heavy atom. The zero-order valence-corrected chi connectivity index (χ0v) is 12.5. The van der Waals surface area contributed by atoms with E-state index in [0.717, 1.165) is 25.7 Å². The van der Waals surface area contributed by atoms with Gasteiger partial charge in [0, 0.05) is 26.1 Å². The molecule has 2 rings (SSSR count). The van der Waals surface area contributed by atoms with Gasteiger partial charge in [0.15, 0.2) is 0 Å². The van der Waals surface area contributed by atoms with Crippen molar-refractivity contribution in [3.05, 3.63) is 0 Å². The molecule has 0 bridgehead atoms. The van der Waals surface area contributed by atoms with Gasteiger partial charge in [0.05, 0.1) is 11.5 Å². The number of nitrogens with zero attached hydrogens (tertiary/aromatic N) is 1. The van der Waals surface area contributed by atoms with Crippen molar-refractivity contribution >= 4 is 11.8 Å². The van der Waals surface area contributed by atoms with Crippen molar-refractivity contribution in [3.63, 3.8) is 0 Å². The van der Waals surface area contributed by atoms with Crippen molar-refractivity contribution in [2.24, 2.45) is 11.8 Å². The first-order valence-corrected chi connectivity index (χ1v) is 7.71. The van der Waals surface area contributed by atoms with Gasteiger partial charge in [-0.25, -0.2) is 0 Å². The number of hydrogen-bond acceptors (Lipinski definition) is 3. The Labute approximate surface area is 120 Å². The van der Waals surface area contributed by atoms with E-state index in [-0.39, 0.29) is 17.7 Å². The van der Waals surface area contributed by atoms with E-state index in [2.05, 4.69) is 12.2 Å².